The normalized spacial score (nSPS) is 31.6. The molecule has 0 saturated carbocycles. The fraction of sp³-hybridized carbons (Fsp3) is 0.571. The zero-order valence-corrected chi connectivity index (χ0v) is 10.4. The first kappa shape index (κ1) is 11.7. The average Bonchev–Trinajstić information content (AvgIpc) is 2.66. The van der Waals surface area contributed by atoms with Gasteiger partial charge in [0.05, 0.1) is 18.5 Å². The van der Waals surface area contributed by atoms with Crippen molar-refractivity contribution in [3.8, 4) is 0 Å². The number of fused-ring (bicyclic) bond motifs is 1. The number of nitrogens with zero attached hydrogens (tertiary/aromatic N) is 1. The van der Waals surface area contributed by atoms with Crippen molar-refractivity contribution in [3.63, 3.8) is 0 Å². The molecule has 3 aliphatic rings. The molecule has 4 heteroatoms. The van der Waals surface area contributed by atoms with Crippen LogP contribution in [0.5, 0.6) is 0 Å². The number of imide groups is 1. The first-order valence-electron chi connectivity index (χ1n) is 6.71. The van der Waals surface area contributed by atoms with Crippen molar-refractivity contribution in [1.82, 2.24) is 10.2 Å². The molecule has 0 radical (unpaired) electrons. The molecular weight excluding hydrogens is 228 g/mol. The summed E-state index contributed by atoms with van der Waals surface area (Å²) in [5.74, 6) is -0.152. The van der Waals surface area contributed by atoms with E-state index in [4.69, 9.17) is 0 Å². The molecule has 2 aliphatic heterocycles. The Bertz CT molecular complexity index is 415. The zero-order chi connectivity index (χ0) is 12.5. The fourth-order valence-corrected chi connectivity index (χ4v) is 3.01. The number of nitrogens with one attached hydrogen (secondary N) is 1. The Balaban J connectivity index is 1.76. The fourth-order valence-electron chi connectivity index (χ4n) is 3.01. The van der Waals surface area contributed by atoms with Crippen LogP contribution in [0.15, 0.2) is 23.8 Å². The topological polar surface area (TPSA) is 49.4 Å². The maximum absolute atomic E-state index is 12.2. The summed E-state index contributed by atoms with van der Waals surface area (Å²) >= 11 is 0. The van der Waals surface area contributed by atoms with Crippen LogP contribution in [-0.2, 0) is 9.59 Å². The highest BCUT2D eigenvalue weighted by atomic mass is 16.2. The number of piperidine rings is 1. The summed E-state index contributed by atoms with van der Waals surface area (Å²) in [7, 11) is 0. The minimum Gasteiger partial charge on any atom is -0.305 e. The predicted molar refractivity (Wildman–Crippen MR) is 67.7 cm³/mol. The largest absolute Gasteiger partial charge is 0.305 e. The number of rotatable bonds is 2. The van der Waals surface area contributed by atoms with Gasteiger partial charge in [-0.15, -0.1) is 0 Å². The number of amides is 2. The van der Waals surface area contributed by atoms with Crippen LogP contribution in [0.3, 0.4) is 0 Å². The maximum Gasteiger partial charge on any atom is 0.247 e. The van der Waals surface area contributed by atoms with Crippen molar-refractivity contribution in [2.45, 2.75) is 31.7 Å². The van der Waals surface area contributed by atoms with Gasteiger partial charge in [0.1, 0.15) is 0 Å². The van der Waals surface area contributed by atoms with Crippen LogP contribution in [0.1, 0.15) is 25.7 Å². The smallest absolute Gasteiger partial charge is 0.247 e. The van der Waals surface area contributed by atoms with Crippen molar-refractivity contribution < 1.29 is 9.59 Å². The molecule has 2 fully saturated rings. The number of hydrogen-bond donors (Lipinski definition) is 1. The van der Waals surface area contributed by atoms with Crippen molar-refractivity contribution in [2.24, 2.45) is 5.92 Å². The summed E-state index contributed by atoms with van der Waals surface area (Å²) in [6.07, 6.45) is 10.1. The van der Waals surface area contributed by atoms with Gasteiger partial charge < -0.3 is 5.32 Å². The molecule has 0 aromatic carbocycles. The van der Waals surface area contributed by atoms with E-state index in [0.717, 1.165) is 37.8 Å². The van der Waals surface area contributed by atoms with E-state index in [1.165, 1.54) is 4.90 Å². The lowest BCUT2D eigenvalue weighted by atomic mass is 9.93. The van der Waals surface area contributed by atoms with Crippen molar-refractivity contribution in [2.75, 3.05) is 13.1 Å². The second-order valence-electron chi connectivity index (χ2n) is 5.20. The van der Waals surface area contributed by atoms with E-state index in [1.807, 2.05) is 6.08 Å². The molecule has 18 heavy (non-hydrogen) atoms. The van der Waals surface area contributed by atoms with E-state index in [1.54, 1.807) is 0 Å². The Morgan fingerprint density at radius 3 is 2.89 bits per heavy atom. The summed E-state index contributed by atoms with van der Waals surface area (Å²) in [5, 5.41) is 3.18. The van der Waals surface area contributed by atoms with Gasteiger partial charge in [-0.25, -0.2) is 0 Å². The summed E-state index contributed by atoms with van der Waals surface area (Å²) in [5.41, 5.74) is 1.08. The second-order valence-corrected chi connectivity index (χ2v) is 5.20. The summed E-state index contributed by atoms with van der Waals surface area (Å²) in [4.78, 5) is 25.9. The molecule has 1 N–H and O–H groups in total. The van der Waals surface area contributed by atoms with E-state index < -0.39 is 0 Å². The molecule has 1 aliphatic carbocycles. The van der Waals surface area contributed by atoms with Crippen molar-refractivity contribution in [1.29, 1.82) is 0 Å². The third kappa shape index (κ3) is 1.90. The lowest BCUT2D eigenvalue weighted by molar-refractivity contribution is -0.139. The van der Waals surface area contributed by atoms with Crippen molar-refractivity contribution in [3.05, 3.63) is 23.8 Å². The summed E-state index contributed by atoms with van der Waals surface area (Å²) in [6.45, 7) is 1.29. The first-order chi connectivity index (χ1) is 8.77. The quantitative estimate of drug-likeness (QED) is 0.739. The number of allylic oxidation sites excluding steroid dienone is 2. The molecule has 2 amide bonds. The Morgan fingerprint density at radius 1 is 1.28 bits per heavy atom. The number of carbonyl (C=O) groups is 2. The monoisotopic (exact) mass is 246 g/mol. The minimum absolute atomic E-state index is 0.0112. The van der Waals surface area contributed by atoms with Crippen LogP contribution in [0.2, 0.25) is 0 Å². The highest BCUT2D eigenvalue weighted by Gasteiger charge is 2.48. The Morgan fingerprint density at radius 2 is 2.17 bits per heavy atom. The SMILES string of the molecule is O=C1[C@H]2NCCC[C@H]2C(=O)N1CC1=CCCC=C1. The lowest BCUT2D eigenvalue weighted by Gasteiger charge is -2.21. The Labute approximate surface area is 107 Å². The van der Waals surface area contributed by atoms with Gasteiger partial charge in [-0.2, -0.15) is 0 Å². The van der Waals surface area contributed by atoms with Crippen LogP contribution in [0.25, 0.3) is 0 Å². The average molecular weight is 246 g/mol. The van der Waals surface area contributed by atoms with Crippen LogP contribution in [-0.4, -0.2) is 35.8 Å². The Hall–Kier alpha value is -1.42. The molecule has 0 spiro atoms. The van der Waals surface area contributed by atoms with Gasteiger partial charge in [-0.1, -0.05) is 18.2 Å². The lowest BCUT2D eigenvalue weighted by Crippen LogP contribution is -2.44. The van der Waals surface area contributed by atoms with Gasteiger partial charge in [-0.3, -0.25) is 14.5 Å². The van der Waals surface area contributed by atoms with E-state index in [-0.39, 0.29) is 23.8 Å². The second kappa shape index (κ2) is 4.69. The van der Waals surface area contributed by atoms with Gasteiger partial charge >= 0.3 is 0 Å². The summed E-state index contributed by atoms with van der Waals surface area (Å²) in [6, 6.07) is -0.264. The molecule has 2 saturated heterocycles. The first-order valence-corrected chi connectivity index (χ1v) is 6.71. The molecule has 3 rings (SSSR count). The molecule has 2 atom stereocenters. The third-order valence-corrected chi connectivity index (χ3v) is 3.99. The van der Waals surface area contributed by atoms with Gasteiger partial charge in [-0.05, 0) is 37.8 Å². The Kier molecular flexibility index (Phi) is 3.04. The van der Waals surface area contributed by atoms with E-state index in [2.05, 4.69) is 17.5 Å². The number of carbonyl (C=O) groups excluding carboxylic acids is 2. The molecule has 2 heterocycles. The molecular formula is C14H18N2O2. The van der Waals surface area contributed by atoms with Crippen LogP contribution in [0, 0.1) is 5.92 Å². The van der Waals surface area contributed by atoms with Gasteiger partial charge in [0.15, 0.2) is 0 Å². The summed E-state index contributed by atoms with van der Waals surface area (Å²) < 4.78 is 0. The van der Waals surface area contributed by atoms with Crippen LogP contribution in [0.4, 0.5) is 0 Å². The highest BCUT2D eigenvalue weighted by molar-refractivity contribution is 6.07. The van der Waals surface area contributed by atoms with Gasteiger partial charge in [0.2, 0.25) is 11.8 Å². The zero-order valence-electron chi connectivity index (χ0n) is 10.4. The van der Waals surface area contributed by atoms with E-state index >= 15 is 0 Å². The molecule has 96 valence electrons. The maximum atomic E-state index is 12.2. The molecule has 0 unspecified atom stereocenters. The molecule has 0 bridgehead atoms. The molecule has 0 aromatic heterocycles. The van der Waals surface area contributed by atoms with Crippen LogP contribution >= 0.6 is 0 Å². The molecule has 4 nitrogen and oxygen atoms in total. The van der Waals surface area contributed by atoms with Crippen molar-refractivity contribution >= 4 is 11.8 Å². The number of hydrogen-bond acceptors (Lipinski definition) is 3. The molecule has 0 aromatic rings. The number of likely N-dealkylation sites (tertiary alicyclic amines) is 1. The van der Waals surface area contributed by atoms with Gasteiger partial charge in [0.25, 0.3) is 0 Å². The van der Waals surface area contributed by atoms with Gasteiger partial charge in [0, 0.05) is 0 Å². The highest BCUT2D eigenvalue weighted by Crippen LogP contribution is 2.28. The van der Waals surface area contributed by atoms with E-state index in [0.29, 0.717) is 6.54 Å². The van der Waals surface area contributed by atoms with E-state index in [9.17, 15) is 9.59 Å². The standard InChI is InChI=1S/C14H18N2O2/c17-13-11-7-4-8-15-12(11)14(18)16(13)9-10-5-2-1-3-6-10/h2,5-6,11-12,15H,1,3-4,7-9H2/t11-,12+/m1/s1. The van der Waals surface area contributed by atoms with Crippen LogP contribution < -0.4 is 5.32 Å². The predicted octanol–water partition coefficient (Wildman–Crippen LogP) is 1.000. The minimum atomic E-state index is -0.264. The third-order valence-electron chi connectivity index (χ3n) is 3.99.